The fourth-order valence-corrected chi connectivity index (χ4v) is 2.72. The number of rotatable bonds is 2. The molecule has 1 saturated carbocycles. The lowest BCUT2D eigenvalue weighted by Gasteiger charge is -2.28. The van der Waals surface area contributed by atoms with Gasteiger partial charge in [-0.2, -0.15) is 0 Å². The number of esters is 1. The Hall–Kier alpha value is -1.58. The fourth-order valence-electron chi connectivity index (χ4n) is 2.72. The molecule has 2 unspecified atom stereocenters. The maximum Gasteiger partial charge on any atom is 0.343 e. The highest BCUT2D eigenvalue weighted by Crippen LogP contribution is 2.31. The van der Waals surface area contributed by atoms with Crippen molar-refractivity contribution in [3.8, 4) is 0 Å². The molecule has 1 fully saturated rings. The number of ether oxygens (including phenoxy) is 1. The van der Waals surface area contributed by atoms with Crippen molar-refractivity contribution in [2.75, 3.05) is 7.11 Å². The summed E-state index contributed by atoms with van der Waals surface area (Å²) in [6, 6.07) is 3.48. The molecule has 0 spiro atoms. The van der Waals surface area contributed by atoms with Crippen LogP contribution in [0.4, 0.5) is 0 Å². The van der Waals surface area contributed by atoms with Crippen molar-refractivity contribution in [2.24, 2.45) is 5.92 Å². The van der Waals surface area contributed by atoms with E-state index in [0.717, 1.165) is 19.3 Å². The summed E-state index contributed by atoms with van der Waals surface area (Å²) in [6.45, 7) is 2.21. The quantitative estimate of drug-likeness (QED) is 0.756. The van der Waals surface area contributed by atoms with Crippen molar-refractivity contribution in [3.05, 3.63) is 34.2 Å². The Morgan fingerprint density at radius 2 is 2.22 bits per heavy atom. The van der Waals surface area contributed by atoms with E-state index in [2.05, 4.69) is 11.7 Å². The van der Waals surface area contributed by atoms with Crippen LogP contribution >= 0.6 is 0 Å². The van der Waals surface area contributed by atoms with Crippen molar-refractivity contribution in [1.29, 1.82) is 0 Å². The molecule has 18 heavy (non-hydrogen) atoms. The van der Waals surface area contributed by atoms with Crippen LogP contribution in [0, 0.1) is 5.92 Å². The molecule has 98 valence electrons. The number of nitrogens with zero attached hydrogens (tertiary/aromatic N) is 1. The lowest BCUT2D eigenvalue weighted by Crippen LogP contribution is -2.31. The smallest absolute Gasteiger partial charge is 0.343 e. The van der Waals surface area contributed by atoms with Crippen LogP contribution in [0.5, 0.6) is 0 Å². The molecule has 2 atom stereocenters. The summed E-state index contributed by atoms with van der Waals surface area (Å²) in [7, 11) is 1.29. The van der Waals surface area contributed by atoms with Crippen molar-refractivity contribution < 1.29 is 9.53 Å². The van der Waals surface area contributed by atoms with Crippen LogP contribution in [0.3, 0.4) is 0 Å². The molecule has 0 aromatic carbocycles. The Bertz CT molecular complexity index is 492. The first-order valence-corrected chi connectivity index (χ1v) is 6.43. The number of carbonyl (C=O) groups is 1. The van der Waals surface area contributed by atoms with Gasteiger partial charge in [-0.25, -0.2) is 4.79 Å². The molecule has 2 rings (SSSR count). The summed E-state index contributed by atoms with van der Waals surface area (Å²) in [5.74, 6) is 0.0793. The molecule has 1 aliphatic rings. The molecule has 1 heterocycles. The van der Waals surface area contributed by atoms with Gasteiger partial charge in [0.15, 0.2) is 0 Å². The second-order valence-electron chi connectivity index (χ2n) is 5.05. The maximum absolute atomic E-state index is 12.2. The highest BCUT2D eigenvalue weighted by Gasteiger charge is 2.22. The standard InChI is InChI=1S/C14H19NO3/c1-10-5-3-6-11(9-10)15-8-4-7-12(13(15)16)14(17)18-2/h4,7-8,10-11H,3,5-6,9H2,1-2H3. The van der Waals surface area contributed by atoms with Crippen molar-refractivity contribution in [1.82, 2.24) is 4.57 Å². The Kier molecular flexibility index (Phi) is 3.84. The maximum atomic E-state index is 12.2. The Balaban J connectivity index is 2.34. The van der Waals surface area contributed by atoms with Gasteiger partial charge in [-0.3, -0.25) is 4.79 Å². The second-order valence-corrected chi connectivity index (χ2v) is 5.05. The number of hydrogen-bond donors (Lipinski definition) is 0. The number of methoxy groups -OCH3 is 1. The van der Waals surface area contributed by atoms with E-state index in [0.29, 0.717) is 5.92 Å². The molecular weight excluding hydrogens is 230 g/mol. The van der Waals surface area contributed by atoms with Crippen LogP contribution in [-0.4, -0.2) is 17.6 Å². The highest BCUT2D eigenvalue weighted by molar-refractivity contribution is 5.88. The number of carbonyl (C=O) groups excluding carboxylic acids is 1. The van der Waals surface area contributed by atoms with Crippen LogP contribution in [0.2, 0.25) is 0 Å². The molecule has 0 aliphatic heterocycles. The van der Waals surface area contributed by atoms with E-state index in [1.807, 2.05) is 0 Å². The zero-order valence-corrected chi connectivity index (χ0v) is 10.9. The van der Waals surface area contributed by atoms with E-state index < -0.39 is 5.97 Å². The van der Waals surface area contributed by atoms with E-state index in [1.54, 1.807) is 16.8 Å². The molecule has 4 heteroatoms. The largest absolute Gasteiger partial charge is 0.465 e. The van der Waals surface area contributed by atoms with Crippen LogP contribution in [0.25, 0.3) is 0 Å². The van der Waals surface area contributed by atoms with Gasteiger partial charge in [0.25, 0.3) is 5.56 Å². The van der Waals surface area contributed by atoms with Crippen LogP contribution in [-0.2, 0) is 4.74 Å². The molecule has 0 N–H and O–H groups in total. The van der Waals surface area contributed by atoms with Crippen LogP contribution in [0.1, 0.15) is 49.0 Å². The van der Waals surface area contributed by atoms with E-state index in [4.69, 9.17) is 0 Å². The fraction of sp³-hybridized carbons (Fsp3) is 0.571. The van der Waals surface area contributed by atoms with Crippen molar-refractivity contribution in [3.63, 3.8) is 0 Å². The minimum absolute atomic E-state index is 0.123. The van der Waals surface area contributed by atoms with Gasteiger partial charge in [0.1, 0.15) is 5.56 Å². The summed E-state index contributed by atoms with van der Waals surface area (Å²) in [6.07, 6.45) is 6.15. The van der Waals surface area contributed by atoms with E-state index in [1.165, 1.54) is 19.6 Å². The van der Waals surface area contributed by atoms with Gasteiger partial charge in [-0.1, -0.05) is 19.8 Å². The molecule has 0 bridgehead atoms. The first kappa shape index (κ1) is 12.9. The van der Waals surface area contributed by atoms with Gasteiger partial charge in [0.05, 0.1) is 7.11 Å². The molecule has 4 nitrogen and oxygen atoms in total. The van der Waals surface area contributed by atoms with Gasteiger partial charge in [-0.15, -0.1) is 0 Å². The lowest BCUT2D eigenvalue weighted by atomic mass is 9.87. The summed E-state index contributed by atoms with van der Waals surface area (Å²) in [5.41, 5.74) is -0.110. The van der Waals surface area contributed by atoms with Gasteiger partial charge in [-0.05, 0) is 30.9 Å². The normalized spacial score (nSPS) is 23.7. The molecular formula is C14H19NO3. The predicted molar refractivity (Wildman–Crippen MR) is 68.7 cm³/mol. The van der Waals surface area contributed by atoms with Gasteiger partial charge >= 0.3 is 5.97 Å². The van der Waals surface area contributed by atoms with Gasteiger partial charge in [0.2, 0.25) is 0 Å². The zero-order valence-electron chi connectivity index (χ0n) is 10.9. The van der Waals surface area contributed by atoms with Crippen LogP contribution < -0.4 is 5.56 Å². The Morgan fingerprint density at radius 3 is 2.89 bits per heavy atom. The van der Waals surface area contributed by atoms with E-state index >= 15 is 0 Å². The third kappa shape index (κ3) is 2.47. The van der Waals surface area contributed by atoms with Gasteiger partial charge in [0, 0.05) is 12.2 Å². The second kappa shape index (κ2) is 5.38. The highest BCUT2D eigenvalue weighted by atomic mass is 16.5. The molecule has 1 aromatic heterocycles. The van der Waals surface area contributed by atoms with Crippen LogP contribution in [0.15, 0.2) is 23.1 Å². The average Bonchev–Trinajstić information content (AvgIpc) is 2.38. The average molecular weight is 249 g/mol. The molecule has 0 saturated heterocycles. The number of hydrogen-bond acceptors (Lipinski definition) is 3. The summed E-state index contributed by atoms with van der Waals surface area (Å²) >= 11 is 0. The molecule has 1 aliphatic carbocycles. The van der Waals surface area contributed by atoms with Crippen molar-refractivity contribution >= 4 is 5.97 Å². The number of aromatic nitrogens is 1. The summed E-state index contributed by atoms with van der Waals surface area (Å²) in [4.78, 5) is 23.7. The summed E-state index contributed by atoms with van der Waals surface area (Å²) < 4.78 is 6.32. The minimum atomic E-state index is -0.557. The SMILES string of the molecule is COC(=O)c1cccn(C2CCCC(C)C2)c1=O. The monoisotopic (exact) mass is 249 g/mol. The van der Waals surface area contributed by atoms with E-state index in [9.17, 15) is 9.59 Å². The van der Waals surface area contributed by atoms with E-state index in [-0.39, 0.29) is 17.2 Å². The number of pyridine rings is 1. The minimum Gasteiger partial charge on any atom is -0.465 e. The molecule has 0 amide bonds. The first-order valence-electron chi connectivity index (χ1n) is 6.43. The molecule has 1 aromatic rings. The van der Waals surface area contributed by atoms with Gasteiger partial charge < -0.3 is 9.30 Å². The van der Waals surface area contributed by atoms with Crippen molar-refractivity contribution in [2.45, 2.75) is 38.6 Å². The predicted octanol–water partition coefficient (Wildman–Crippen LogP) is 2.39. The lowest BCUT2D eigenvalue weighted by molar-refractivity contribution is 0.0597. The molecule has 0 radical (unpaired) electrons. The topological polar surface area (TPSA) is 48.3 Å². The Morgan fingerprint density at radius 1 is 1.44 bits per heavy atom. The first-order chi connectivity index (χ1) is 8.63. The zero-order chi connectivity index (χ0) is 13.1. The summed E-state index contributed by atoms with van der Waals surface area (Å²) in [5, 5.41) is 0. The third-order valence-corrected chi connectivity index (χ3v) is 3.68. The third-order valence-electron chi connectivity index (χ3n) is 3.68. The Labute approximate surface area is 107 Å².